The third-order valence-corrected chi connectivity index (χ3v) is 3.20. The van der Waals surface area contributed by atoms with Crippen LogP contribution in [0.1, 0.15) is 39.5 Å². The van der Waals surface area contributed by atoms with E-state index in [0.717, 1.165) is 32.3 Å². The number of hydrogen-bond donors (Lipinski definition) is 1. The zero-order valence-corrected chi connectivity index (χ0v) is 9.16. The minimum Gasteiger partial charge on any atom is -0.375 e. The highest BCUT2D eigenvalue weighted by atomic mass is 16.6. The SMILES string of the molecule is CC1(C)CCC(COC2CC(N)C2)O1. The average molecular weight is 199 g/mol. The van der Waals surface area contributed by atoms with Crippen molar-refractivity contribution in [2.75, 3.05) is 6.61 Å². The van der Waals surface area contributed by atoms with Gasteiger partial charge in [0.25, 0.3) is 0 Å². The van der Waals surface area contributed by atoms with E-state index < -0.39 is 0 Å². The van der Waals surface area contributed by atoms with Gasteiger partial charge in [-0.3, -0.25) is 0 Å². The first kappa shape index (κ1) is 10.4. The molecule has 0 spiro atoms. The van der Waals surface area contributed by atoms with Crippen LogP contribution in [0.15, 0.2) is 0 Å². The highest BCUT2D eigenvalue weighted by Crippen LogP contribution is 2.30. The molecule has 1 saturated heterocycles. The zero-order chi connectivity index (χ0) is 10.2. The molecule has 82 valence electrons. The summed E-state index contributed by atoms with van der Waals surface area (Å²) in [6, 6.07) is 0.376. The molecular weight excluding hydrogens is 178 g/mol. The lowest BCUT2D eigenvalue weighted by atomic mass is 9.90. The van der Waals surface area contributed by atoms with Crippen molar-refractivity contribution < 1.29 is 9.47 Å². The van der Waals surface area contributed by atoms with E-state index in [1.165, 1.54) is 0 Å². The Hall–Kier alpha value is -0.120. The first-order valence-corrected chi connectivity index (χ1v) is 5.60. The Morgan fingerprint density at radius 3 is 2.64 bits per heavy atom. The zero-order valence-electron chi connectivity index (χ0n) is 9.16. The van der Waals surface area contributed by atoms with Crippen molar-refractivity contribution in [2.24, 2.45) is 5.73 Å². The van der Waals surface area contributed by atoms with E-state index in [0.29, 0.717) is 18.2 Å². The van der Waals surface area contributed by atoms with Gasteiger partial charge in [-0.15, -0.1) is 0 Å². The van der Waals surface area contributed by atoms with E-state index in [2.05, 4.69) is 13.8 Å². The van der Waals surface area contributed by atoms with Gasteiger partial charge >= 0.3 is 0 Å². The third kappa shape index (κ3) is 2.47. The summed E-state index contributed by atoms with van der Waals surface area (Å²) in [7, 11) is 0. The van der Waals surface area contributed by atoms with Crippen molar-refractivity contribution in [1.82, 2.24) is 0 Å². The first-order chi connectivity index (χ1) is 6.55. The minimum absolute atomic E-state index is 0.0596. The molecule has 0 radical (unpaired) electrons. The molecular formula is C11H21NO2. The second kappa shape index (κ2) is 3.80. The molecule has 14 heavy (non-hydrogen) atoms. The molecule has 2 rings (SSSR count). The number of nitrogens with two attached hydrogens (primary N) is 1. The Morgan fingerprint density at radius 1 is 1.43 bits per heavy atom. The molecule has 0 bridgehead atoms. The Kier molecular flexibility index (Phi) is 2.82. The molecule has 0 aromatic heterocycles. The fourth-order valence-electron chi connectivity index (χ4n) is 2.18. The van der Waals surface area contributed by atoms with E-state index in [4.69, 9.17) is 15.2 Å². The monoisotopic (exact) mass is 199 g/mol. The van der Waals surface area contributed by atoms with Gasteiger partial charge in [0.1, 0.15) is 0 Å². The summed E-state index contributed by atoms with van der Waals surface area (Å²) in [4.78, 5) is 0. The van der Waals surface area contributed by atoms with Crippen molar-refractivity contribution in [3.63, 3.8) is 0 Å². The summed E-state index contributed by atoms with van der Waals surface area (Å²) >= 11 is 0. The summed E-state index contributed by atoms with van der Waals surface area (Å²) in [6.07, 6.45) is 5.03. The maximum atomic E-state index is 5.84. The van der Waals surface area contributed by atoms with Crippen LogP contribution in [0.3, 0.4) is 0 Å². The maximum absolute atomic E-state index is 5.84. The largest absolute Gasteiger partial charge is 0.375 e. The predicted octanol–water partition coefficient (Wildman–Crippen LogP) is 1.45. The van der Waals surface area contributed by atoms with Crippen molar-refractivity contribution in [3.05, 3.63) is 0 Å². The number of rotatable bonds is 3. The predicted molar refractivity (Wildman–Crippen MR) is 55.1 cm³/mol. The summed E-state index contributed by atoms with van der Waals surface area (Å²) < 4.78 is 11.6. The molecule has 3 heteroatoms. The van der Waals surface area contributed by atoms with Crippen LogP contribution in [-0.2, 0) is 9.47 Å². The highest BCUT2D eigenvalue weighted by molar-refractivity contribution is 4.85. The molecule has 0 amide bonds. The van der Waals surface area contributed by atoms with Crippen LogP contribution in [-0.4, -0.2) is 30.5 Å². The molecule has 0 aromatic rings. The van der Waals surface area contributed by atoms with Crippen LogP contribution in [0, 0.1) is 0 Å². The molecule has 1 saturated carbocycles. The highest BCUT2D eigenvalue weighted by Gasteiger charge is 2.33. The molecule has 0 aromatic carbocycles. The van der Waals surface area contributed by atoms with Gasteiger partial charge in [-0.25, -0.2) is 0 Å². The standard InChI is InChI=1S/C11H21NO2/c1-11(2)4-3-9(14-11)7-13-10-5-8(12)6-10/h8-10H,3-7,12H2,1-2H3. The van der Waals surface area contributed by atoms with Gasteiger partial charge < -0.3 is 15.2 Å². The Morgan fingerprint density at radius 2 is 2.14 bits per heavy atom. The lowest BCUT2D eigenvalue weighted by Crippen LogP contribution is -2.42. The van der Waals surface area contributed by atoms with Crippen molar-refractivity contribution in [2.45, 2.75) is 63.4 Å². The Labute approximate surface area is 85.9 Å². The molecule has 1 aliphatic heterocycles. The number of hydrogen-bond acceptors (Lipinski definition) is 3. The van der Waals surface area contributed by atoms with Gasteiger partial charge in [-0.05, 0) is 39.5 Å². The third-order valence-electron chi connectivity index (χ3n) is 3.20. The van der Waals surface area contributed by atoms with Crippen molar-refractivity contribution in [3.8, 4) is 0 Å². The summed E-state index contributed by atoms with van der Waals surface area (Å²) in [6.45, 7) is 5.04. The first-order valence-electron chi connectivity index (χ1n) is 5.60. The molecule has 1 atom stereocenters. The van der Waals surface area contributed by atoms with Crippen LogP contribution in [0.2, 0.25) is 0 Å². The Bertz CT molecular complexity index is 199. The Balaban J connectivity index is 1.63. The molecule has 1 heterocycles. The number of ether oxygens (including phenoxy) is 2. The molecule has 1 unspecified atom stereocenters. The van der Waals surface area contributed by atoms with E-state index in [1.54, 1.807) is 0 Å². The van der Waals surface area contributed by atoms with Gasteiger partial charge in [0.15, 0.2) is 0 Å². The normalized spacial score (nSPS) is 40.9. The molecule has 1 aliphatic carbocycles. The van der Waals surface area contributed by atoms with Crippen LogP contribution in [0.5, 0.6) is 0 Å². The topological polar surface area (TPSA) is 44.5 Å². The second-order valence-electron chi connectivity index (χ2n) is 5.23. The fourth-order valence-corrected chi connectivity index (χ4v) is 2.18. The van der Waals surface area contributed by atoms with Crippen molar-refractivity contribution >= 4 is 0 Å². The summed E-state index contributed by atoms with van der Waals surface area (Å²) in [5.74, 6) is 0. The molecule has 2 N–H and O–H groups in total. The fraction of sp³-hybridized carbons (Fsp3) is 1.00. The molecule has 2 aliphatic rings. The lowest BCUT2D eigenvalue weighted by Gasteiger charge is -2.33. The van der Waals surface area contributed by atoms with Gasteiger partial charge in [-0.2, -0.15) is 0 Å². The van der Waals surface area contributed by atoms with Crippen LogP contribution < -0.4 is 5.73 Å². The summed E-state index contributed by atoms with van der Waals surface area (Å²) in [5, 5.41) is 0. The van der Waals surface area contributed by atoms with Crippen LogP contribution >= 0.6 is 0 Å². The van der Waals surface area contributed by atoms with Crippen LogP contribution in [0.4, 0.5) is 0 Å². The lowest BCUT2D eigenvalue weighted by molar-refractivity contribution is -0.0878. The maximum Gasteiger partial charge on any atom is 0.0816 e. The average Bonchev–Trinajstić information content (AvgIpc) is 2.37. The second-order valence-corrected chi connectivity index (χ2v) is 5.23. The van der Waals surface area contributed by atoms with E-state index >= 15 is 0 Å². The summed E-state index contributed by atoms with van der Waals surface area (Å²) in [5.41, 5.74) is 5.74. The molecule has 3 nitrogen and oxygen atoms in total. The van der Waals surface area contributed by atoms with E-state index in [9.17, 15) is 0 Å². The van der Waals surface area contributed by atoms with Gasteiger partial charge in [0, 0.05) is 6.04 Å². The van der Waals surface area contributed by atoms with Crippen molar-refractivity contribution in [1.29, 1.82) is 0 Å². The quantitative estimate of drug-likeness (QED) is 0.748. The van der Waals surface area contributed by atoms with E-state index in [-0.39, 0.29) is 5.60 Å². The smallest absolute Gasteiger partial charge is 0.0816 e. The van der Waals surface area contributed by atoms with E-state index in [1.807, 2.05) is 0 Å². The minimum atomic E-state index is 0.0596. The van der Waals surface area contributed by atoms with Gasteiger partial charge in [0.05, 0.1) is 24.4 Å². The van der Waals surface area contributed by atoms with Crippen LogP contribution in [0.25, 0.3) is 0 Å². The molecule has 2 fully saturated rings. The van der Waals surface area contributed by atoms with Gasteiger partial charge in [0.2, 0.25) is 0 Å². The van der Waals surface area contributed by atoms with Gasteiger partial charge in [-0.1, -0.05) is 0 Å².